The molecule has 98 valence electrons. The lowest BCUT2D eigenvalue weighted by Gasteiger charge is -2.27. The Morgan fingerprint density at radius 2 is 1.56 bits per heavy atom. The van der Waals surface area contributed by atoms with Gasteiger partial charge in [0.1, 0.15) is 0 Å². The summed E-state index contributed by atoms with van der Waals surface area (Å²) in [7, 11) is 2.09. The van der Waals surface area contributed by atoms with Crippen LogP contribution in [0.4, 0.5) is 0 Å². The van der Waals surface area contributed by atoms with Crippen molar-refractivity contribution in [3.8, 4) is 0 Å². The van der Waals surface area contributed by atoms with E-state index in [0.29, 0.717) is 0 Å². The molecule has 4 heteroatoms. The molecule has 0 unspecified atom stereocenters. The van der Waals surface area contributed by atoms with E-state index in [-0.39, 0.29) is 18.5 Å². The summed E-state index contributed by atoms with van der Waals surface area (Å²) in [5.74, 6) is 0.922. The Balaban J connectivity index is 3.98. The van der Waals surface area contributed by atoms with Crippen LogP contribution in [-0.2, 0) is 9.47 Å². The lowest BCUT2D eigenvalue weighted by Crippen LogP contribution is -2.36. The number of hydrogen-bond acceptors (Lipinski definition) is 4. The molecule has 0 amide bonds. The molecule has 0 aliphatic heterocycles. The zero-order valence-electron chi connectivity index (χ0n) is 11.3. The highest BCUT2D eigenvalue weighted by molar-refractivity contribution is 7.80. The van der Waals surface area contributed by atoms with Gasteiger partial charge in [0.15, 0.2) is 6.29 Å². The average molecular weight is 249 g/mol. The first-order valence-electron chi connectivity index (χ1n) is 6.06. The molecule has 0 spiro atoms. The Morgan fingerprint density at radius 1 is 1.06 bits per heavy atom. The minimum Gasteiger partial charge on any atom is -0.349 e. The first kappa shape index (κ1) is 16.2. The zero-order valence-corrected chi connectivity index (χ0v) is 12.2. The normalized spacial score (nSPS) is 12.4. The molecule has 0 aromatic heterocycles. The Bertz CT molecular complexity index is 155. The Kier molecular flexibility index (Phi) is 9.41. The van der Waals surface area contributed by atoms with Crippen LogP contribution in [0.1, 0.15) is 34.1 Å². The molecule has 0 saturated heterocycles. The van der Waals surface area contributed by atoms with Crippen molar-refractivity contribution in [2.24, 2.45) is 0 Å². The maximum Gasteiger partial charge on any atom is 0.170 e. The van der Waals surface area contributed by atoms with Gasteiger partial charge in [0, 0.05) is 6.54 Å². The molecular weight excluding hydrogens is 222 g/mol. The molecule has 0 atom stereocenters. The SMILES string of the molecule is CC(C)OC(CN(C)CCCS)OC(C)C. The molecule has 0 saturated carbocycles. The van der Waals surface area contributed by atoms with Crippen molar-refractivity contribution < 1.29 is 9.47 Å². The van der Waals surface area contributed by atoms with Gasteiger partial charge in [-0.25, -0.2) is 0 Å². The van der Waals surface area contributed by atoms with Crippen molar-refractivity contribution in [2.45, 2.75) is 52.6 Å². The van der Waals surface area contributed by atoms with Gasteiger partial charge in [-0.1, -0.05) is 0 Å². The van der Waals surface area contributed by atoms with Gasteiger partial charge in [-0.05, 0) is 53.5 Å². The second-order valence-corrected chi connectivity index (χ2v) is 5.09. The largest absolute Gasteiger partial charge is 0.349 e. The van der Waals surface area contributed by atoms with Gasteiger partial charge in [0.05, 0.1) is 12.2 Å². The number of hydrogen-bond donors (Lipinski definition) is 1. The number of nitrogens with zero attached hydrogens (tertiary/aromatic N) is 1. The van der Waals surface area contributed by atoms with E-state index < -0.39 is 0 Å². The minimum absolute atomic E-state index is 0.134. The molecule has 0 heterocycles. The summed E-state index contributed by atoms with van der Waals surface area (Å²) in [6.07, 6.45) is 1.35. The molecule has 0 radical (unpaired) electrons. The predicted molar refractivity (Wildman–Crippen MR) is 72.2 cm³/mol. The molecule has 0 aromatic carbocycles. The minimum atomic E-state index is -0.134. The highest BCUT2D eigenvalue weighted by Gasteiger charge is 2.15. The molecule has 16 heavy (non-hydrogen) atoms. The van der Waals surface area contributed by atoms with Crippen LogP contribution in [0.5, 0.6) is 0 Å². The second kappa shape index (κ2) is 9.28. The number of likely N-dealkylation sites (N-methyl/N-ethyl adjacent to an activating group) is 1. The van der Waals surface area contributed by atoms with E-state index in [2.05, 4.69) is 24.6 Å². The van der Waals surface area contributed by atoms with E-state index in [1.165, 1.54) is 0 Å². The number of thiol groups is 1. The number of ether oxygens (including phenoxy) is 2. The monoisotopic (exact) mass is 249 g/mol. The van der Waals surface area contributed by atoms with Gasteiger partial charge in [0.2, 0.25) is 0 Å². The first-order chi connectivity index (χ1) is 7.45. The molecule has 3 nitrogen and oxygen atoms in total. The lowest BCUT2D eigenvalue weighted by molar-refractivity contribution is -0.187. The van der Waals surface area contributed by atoms with E-state index in [1.807, 2.05) is 27.7 Å². The molecule has 0 rings (SSSR count). The van der Waals surface area contributed by atoms with Crippen LogP contribution in [0.3, 0.4) is 0 Å². The van der Waals surface area contributed by atoms with E-state index in [9.17, 15) is 0 Å². The summed E-state index contributed by atoms with van der Waals surface area (Å²) in [5.41, 5.74) is 0. The molecule has 0 aliphatic carbocycles. The Labute approximate surface area is 106 Å². The van der Waals surface area contributed by atoms with E-state index >= 15 is 0 Å². The van der Waals surface area contributed by atoms with E-state index in [1.54, 1.807) is 0 Å². The van der Waals surface area contributed by atoms with Crippen LogP contribution < -0.4 is 0 Å². The van der Waals surface area contributed by atoms with Crippen LogP contribution in [0, 0.1) is 0 Å². The maximum absolute atomic E-state index is 5.73. The van der Waals surface area contributed by atoms with Gasteiger partial charge in [0.25, 0.3) is 0 Å². The second-order valence-electron chi connectivity index (χ2n) is 4.64. The third-order valence-corrected chi connectivity index (χ3v) is 2.32. The van der Waals surface area contributed by atoms with Crippen molar-refractivity contribution in [2.75, 3.05) is 25.9 Å². The fourth-order valence-electron chi connectivity index (χ4n) is 1.41. The van der Waals surface area contributed by atoms with E-state index in [4.69, 9.17) is 9.47 Å². The van der Waals surface area contributed by atoms with Crippen molar-refractivity contribution >= 4 is 12.6 Å². The fourth-order valence-corrected chi connectivity index (χ4v) is 1.55. The Hall–Kier alpha value is 0.230. The quantitative estimate of drug-likeness (QED) is 0.501. The van der Waals surface area contributed by atoms with Crippen LogP contribution in [0.15, 0.2) is 0 Å². The lowest BCUT2D eigenvalue weighted by atomic mass is 10.4. The molecule has 0 N–H and O–H groups in total. The van der Waals surface area contributed by atoms with Gasteiger partial charge < -0.3 is 14.4 Å². The highest BCUT2D eigenvalue weighted by Crippen LogP contribution is 2.06. The van der Waals surface area contributed by atoms with Crippen LogP contribution in [0.25, 0.3) is 0 Å². The van der Waals surface area contributed by atoms with Crippen molar-refractivity contribution in [3.05, 3.63) is 0 Å². The third-order valence-electron chi connectivity index (χ3n) is 2.01. The summed E-state index contributed by atoms with van der Waals surface area (Å²) >= 11 is 4.21. The van der Waals surface area contributed by atoms with Gasteiger partial charge in [-0.3, -0.25) is 0 Å². The van der Waals surface area contributed by atoms with Crippen LogP contribution in [0.2, 0.25) is 0 Å². The zero-order chi connectivity index (χ0) is 12.6. The smallest absolute Gasteiger partial charge is 0.170 e. The summed E-state index contributed by atoms with van der Waals surface area (Å²) in [6.45, 7) is 9.97. The van der Waals surface area contributed by atoms with Gasteiger partial charge in [-0.15, -0.1) is 0 Å². The highest BCUT2D eigenvalue weighted by atomic mass is 32.1. The summed E-state index contributed by atoms with van der Waals surface area (Å²) in [4.78, 5) is 2.23. The molecule has 0 fully saturated rings. The van der Waals surface area contributed by atoms with Gasteiger partial charge >= 0.3 is 0 Å². The van der Waals surface area contributed by atoms with Crippen molar-refractivity contribution in [3.63, 3.8) is 0 Å². The molecular formula is C12H27NO2S. The molecule has 0 aromatic rings. The van der Waals surface area contributed by atoms with Crippen molar-refractivity contribution in [1.82, 2.24) is 4.90 Å². The van der Waals surface area contributed by atoms with Crippen LogP contribution in [-0.4, -0.2) is 49.3 Å². The summed E-state index contributed by atoms with van der Waals surface area (Å²) < 4.78 is 11.5. The third kappa shape index (κ3) is 9.46. The number of rotatable bonds is 9. The summed E-state index contributed by atoms with van der Waals surface area (Å²) in [5, 5.41) is 0. The van der Waals surface area contributed by atoms with Crippen molar-refractivity contribution in [1.29, 1.82) is 0 Å². The maximum atomic E-state index is 5.73. The standard InChI is InChI=1S/C12H27NO2S/c1-10(2)14-12(15-11(3)4)9-13(5)7-6-8-16/h10-12,16H,6-9H2,1-5H3. The summed E-state index contributed by atoms with van der Waals surface area (Å²) in [6, 6.07) is 0. The van der Waals surface area contributed by atoms with Crippen LogP contribution >= 0.6 is 12.6 Å². The van der Waals surface area contributed by atoms with E-state index in [0.717, 1.165) is 25.3 Å². The molecule has 0 aliphatic rings. The fraction of sp³-hybridized carbons (Fsp3) is 1.00. The van der Waals surface area contributed by atoms with Gasteiger partial charge in [-0.2, -0.15) is 12.6 Å². The topological polar surface area (TPSA) is 21.7 Å². The first-order valence-corrected chi connectivity index (χ1v) is 6.69. The Morgan fingerprint density at radius 3 is 1.94 bits per heavy atom. The predicted octanol–water partition coefficient (Wildman–Crippen LogP) is 2.41. The average Bonchev–Trinajstić information content (AvgIpc) is 2.12. The molecule has 0 bridgehead atoms.